The average molecular weight is 367 g/mol. The number of aromatic nitrogens is 1. The number of nitrogens with one attached hydrogen (secondary N) is 2. The van der Waals surface area contributed by atoms with Gasteiger partial charge >= 0.3 is 0 Å². The van der Waals surface area contributed by atoms with E-state index >= 15 is 0 Å². The summed E-state index contributed by atoms with van der Waals surface area (Å²) >= 11 is 4.76. The van der Waals surface area contributed by atoms with Crippen LogP contribution in [0.15, 0.2) is 22.6 Å². The predicted octanol–water partition coefficient (Wildman–Crippen LogP) is 4.37. The highest BCUT2D eigenvalue weighted by molar-refractivity contribution is 8.00. The monoisotopic (exact) mass is 366 g/mol. The van der Waals surface area contributed by atoms with Crippen molar-refractivity contribution in [1.29, 1.82) is 0 Å². The molecule has 0 saturated heterocycles. The average Bonchev–Trinajstić information content (AvgIpc) is 3.21. The van der Waals surface area contributed by atoms with Crippen molar-refractivity contribution in [1.82, 2.24) is 4.98 Å². The van der Waals surface area contributed by atoms with Crippen molar-refractivity contribution in [2.24, 2.45) is 4.99 Å². The number of fused-ring (bicyclic) bond motifs is 1. The summed E-state index contributed by atoms with van der Waals surface area (Å²) in [4.78, 5) is 22.2. The summed E-state index contributed by atoms with van der Waals surface area (Å²) in [6, 6.07) is 2.21. The molecule has 1 aliphatic heterocycles. The number of anilines is 2. The van der Waals surface area contributed by atoms with E-state index in [4.69, 9.17) is 4.99 Å². The zero-order valence-electron chi connectivity index (χ0n) is 13.0. The van der Waals surface area contributed by atoms with Crippen molar-refractivity contribution in [2.45, 2.75) is 32.1 Å². The number of rotatable bonds is 6. The predicted molar refractivity (Wildman–Crippen MR) is 101 cm³/mol. The number of aryl methyl sites for hydroxylation is 1. The fourth-order valence-electron chi connectivity index (χ4n) is 2.19. The zero-order chi connectivity index (χ0) is 16.2. The normalized spacial score (nSPS) is 16.4. The lowest BCUT2D eigenvalue weighted by Gasteiger charge is -2.21. The molecular weight excluding hydrogens is 348 g/mol. The number of hydrogen-bond donors (Lipinski definition) is 2. The van der Waals surface area contributed by atoms with Gasteiger partial charge in [-0.15, -0.1) is 34.4 Å². The Morgan fingerprint density at radius 3 is 3.00 bits per heavy atom. The highest BCUT2D eigenvalue weighted by Crippen LogP contribution is 2.43. The van der Waals surface area contributed by atoms with Crippen LogP contribution in [0.4, 0.5) is 10.1 Å². The summed E-state index contributed by atoms with van der Waals surface area (Å²) in [5.74, 6) is 1.31. The van der Waals surface area contributed by atoms with E-state index in [1.54, 1.807) is 29.3 Å². The van der Waals surface area contributed by atoms with Gasteiger partial charge in [0.2, 0.25) is 5.91 Å². The molecule has 0 saturated carbocycles. The van der Waals surface area contributed by atoms with Crippen LogP contribution < -0.4 is 10.6 Å². The van der Waals surface area contributed by atoms with Crippen molar-refractivity contribution < 1.29 is 4.79 Å². The Bertz CT molecular complexity index is 708. The third kappa shape index (κ3) is 3.94. The van der Waals surface area contributed by atoms with Crippen molar-refractivity contribution in [2.75, 3.05) is 16.4 Å². The highest BCUT2D eigenvalue weighted by Gasteiger charge is 2.24. The first-order chi connectivity index (χ1) is 11.2. The number of amides is 1. The van der Waals surface area contributed by atoms with Gasteiger partial charge in [-0.05, 0) is 12.5 Å². The molecule has 0 aromatic carbocycles. The van der Waals surface area contributed by atoms with E-state index in [-0.39, 0.29) is 11.3 Å². The fourth-order valence-corrected chi connectivity index (χ4v) is 4.81. The number of hydrogen-bond acceptors (Lipinski definition) is 7. The summed E-state index contributed by atoms with van der Waals surface area (Å²) in [6.45, 7) is 4.24. The Morgan fingerprint density at radius 2 is 2.30 bits per heavy atom. The number of nitrogens with zero attached hydrogens (tertiary/aromatic N) is 2. The van der Waals surface area contributed by atoms with E-state index in [0.29, 0.717) is 10.9 Å². The highest BCUT2D eigenvalue weighted by atomic mass is 32.2. The van der Waals surface area contributed by atoms with Crippen LogP contribution in [0.2, 0.25) is 0 Å². The molecule has 3 rings (SSSR count). The summed E-state index contributed by atoms with van der Waals surface area (Å²) in [6.07, 6.45) is 3.56. The van der Waals surface area contributed by atoms with Crippen molar-refractivity contribution in [3.63, 3.8) is 0 Å². The van der Waals surface area contributed by atoms with Crippen LogP contribution in [0.3, 0.4) is 0 Å². The van der Waals surface area contributed by atoms with Gasteiger partial charge < -0.3 is 10.6 Å². The molecule has 0 spiro atoms. The largest absolute Gasteiger partial charge is 0.335 e. The molecule has 5 nitrogen and oxygen atoms in total. The summed E-state index contributed by atoms with van der Waals surface area (Å²) < 4.78 is 0. The van der Waals surface area contributed by atoms with Gasteiger partial charge in [-0.2, -0.15) is 0 Å². The molecule has 0 unspecified atom stereocenters. The van der Waals surface area contributed by atoms with Crippen LogP contribution in [-0.2, 0) is 11.2 Å². The van der Waals surface area contributed by atoms with E-state index in [1.165, 1.54) is 26.8 Å². The number of carbonyl (C=O) groups excluding carboxylic acids is 1. The van der Waals surface area contributed by atoms with E-state index in [1.807, 2.05) is 5.38 Å². The fraction of sp³-hybridized carbons (Fsp3) is 0.400. The van der Waals surface area contributed by atoms with E-state index in [2.05, 4.69) is 35.5 Å². The molecular formula is C15H18N4OS3. The van der Waals surface area contributed by atoms with E-state index in [9.17, 15) is 4.79 Å². The Morgan fingerprint density at radius 1 is 1.43 bits per heavy atom. The van der Waals surface area contributed by atoms with Gasteiger partial charge in [0.25, 0.3) is 0 Å². The van der Waals surface area contributed by atoms with Crippen molar-refractivity contribution >= 4 is 56.3 Å². The minimum Gasteiger partial charge on any atom is -0.335 e. The second kappa shape index (κ2) is 7.46. The lowest BCUT2D eigenvalue weighted by Crippen LogP contribution is -2.19. The number of thioether (sulfide) groups is 1. The van der Waals surface area contributed by atoms with Crippen LogP contribution in [-0.4, -0.2) is 22.5 Å². The standard InChI is InChI=1S/C15H18N4OS3/c1-3-9-7-10-13(17-11(4-2)18-14(10)23-9)22-8-12(20)19-15-16-5-6-21-15/h5-7,13H,3-4,8H2,1-2H3,(H,17,18)(H,16,19,20)/t13-/m0/s1. The molecule has 1 atom stereocenters. The first kappa shape index (κ1) is 16.5. The molecule has 2 aromatic heterocycles. The topological polar surface area (TPSA) is 66.4 Å². The van der Waals surface area contributed by atoms with Crippen molar-refractivity contribution in [3.05, 3.63) is 28.1 Å². The second-order valence-electron chi connectivity index (χ2n) is 4.95. The molecule has 2 aromatic rings. The third-order valence-corrected chi connectivity index (χ3v) is 6.35. The smallest absolute Gasteiger partial charge is 0.236 e. The minimum atomic E-state index is -0.0378. The first-order valence-electron chi connectivity index (χ1n) is 7.46. The van der Waals surface area contributed by atoms with Crippen LogP contribution >= 0.6 is 34.4 Å². The van der Waals surface area contributed by atoms with Crippen LogP contribution in [0.25, 0.3) is 0 Å². The number of thiazole rings is 1. The van der Waals surface area contributed by atoms with Gasteiger partial charge in [-0.1, -0.05) is 13.8 Å². The third-order valence-electron chi connectivity index (χ3n) is 3.34. The Hall–Kier alpha value is -1.38. The maximum atomic E-state index is 12.1. The quantitative estimate of drug-likeness (QED) is 0.796. The van der Waals surface area contributed by atoms with Gasteiger partial charge in [0.05, 0.1) is 5.75 Å². The lowest BCUT2D eigenvalue weighted by molar-refractivity contribution is -0.113. The van der Waals surface area contributed by atoms with Gasteiger partial charge in [0, 0.05) is 28.4 Å². The lowest BCUT2D eigenvalue weighted by atomic mass is 10.2. The number of carbonyl (C=O) groups is 1. The molecule has 3 heterocycles. The van der Waals surface area contributed by atoms with Gasteiger partial charge in [0.1, 0.15) is 16.2 Å². The maximum Gasteiger partial charge on any atom is 0.236 e. The summed E-state index contributed by atoms with van der Waals surface area (Å²) in [5, 5.41) is 9.86. The summed E-state index contributed by atoms with van der Waals surface area (Å²) in [7, 11) is 0. The first-order valence-corrected chi connectivity index (χ1v) is 10.2. The summed E-state index contributed by atoms with van der Waals surface area (Å²) in [5.41, 5.74) is 1.19. The number of amidine groups is 1. The molecule has 8 heteroatoms. The van der Waals surface area contributed by atoms with Crippen molar-refractivity contribution in [3.8, 4) is 0 Å². The number of aliphatic imine (C=N–C) groups is 1. The molecule has 1 aliphatic rings. The molecule has 1 amide bonds. The van der Waals surface area contributed by atoms with Crippen LogP contribution in [0.5, 0.6) is 0 Å². The van der Waals surface area contributed by atoms with E-state index < -0.39 is 0 Å². The van der Waals surface area contributed by atoms with E-state index in [0.717, 1.165) is 18.7 Å². The zero-order valence-corrected chi connectivity index (χ0v) is 15.4. The molecule has 0 bridgehead atoms. The molecule has 2 N–H and O–H groups in total. The molecule has 0 aliphatic carbocycles. The second-order valence-corrected chi connectivity index (χ2v) is 8.05. The van der Waals surface area contributed by atoms with Gasteiger partial charge in [0.15, 0.2) is 5.13 Å². The van der Waals surface area contributed by atoms with Crippen LogP contribution in [0, 0.1) is 0 Å². The Labute approximate surface area is 147 Å². The van der Waals surface area contributed by atoms with Crippen LogP contribution in [0.1, 0.15) is 36.1 Å². The minimum absolute atomic E-state index is 0.0141. The van der Waals surface area contributed by atoms with Gasteiger partial charge in [-0.3, -0.25) is 9.79 Å². The molecule has 0 radical (unpaired) electrons. The number of thiophene rings is 1. The maximum absolute atomic E-state index is 12.1. The Kier molecular flexibility index (Phi) is 5.34. The Balaban J connectivity index is 1.67. The molecule has 23 heavy (non-hydrogen) atoms. The molecule has 0 fully saturated rings. The SMILES string of the molecule is CCC1=N[C@@H](SCC(=O)Nc2nccs2)c2cc(CC)sc2N1. The van der Waals surface area contributed by atoms with Gasteiger partial charge in [-0.25, -0.2) is 4.98 Å². The molecule has 122 valence electrons.